The molecule has 0 atom stereocenters. The first-order chi connectivity index (χ1) is 10.0. The topological polar surface area (TPSA) is 55.1 Å². The first-order valence-electron chi connectivity index (χ1n) is 7.59. The van der Waals surface area contributed by atoms with Gasteiger partial charge in [-0.05, 0) is 49.7 Å². The van der Waals surface area contributed by atoms with Gasteiger partial charge in [0.2, 0.25) is 0 Å². The monoisotopic (exact) mass is 336 g/mol. The van der Waals surface area contributed by atoms with Gasteiger partial charge in [0.25, 0.3) is 5.91 Å². The molecule has 1 aromatic carbocycles. The largest absolute Gasteiger partial charge is 0.349 e. The lowest BCUT2D eigenvalue weighted by atomic mass is 9.52. The van der Waals surface area contributed by atoms with Crippen molar-refractivity contribution >= 4 is 39.7 Å². The van der Waals surface area contributed by atoms with E-state index >= 15 is 0 Å². The van der Waals surface area contributed by atoms with Crippen LogP contribution in [0.4, 0.5) is 0 Å². The zero-order valence-electron chi connectivity index (χ0n) is 12.6. The number of carbonyl (C=O) groups excluding carboxylic acids is 1. The van der Waals surface area contributed by atoms with Crippen molar-refractivity contribution in [2.75, 3.05) is 0 Å². The number of carbonyl (C=O) groups is 1. The quantitative estimate of drug-likeness (QED) is 0.879. The van der Waals surface area contributed by atoms with Gasteiger partial charge in [0, 0.05) is 27.5 Å². The molecule has 118 valence electrons. The van der Waals surface area contributed by atoms with E-state index in [1.165, 1.54) is 10.3 Å². The number of thiophene rings is 1. The Morgan fingerprint density at radius 3 is 2.73 bits per heavy atom. The molecule has 2 fully saturated rings. The maximum atomic E-state index is 12.5. The molecule has 1 spiro atoms. The standard InChI is InChI=1S/C17H20N2OS.ClH/c1-10-2-3-13-14(9-21-15(13)4-10)16(20)19-12-7-17(8-12)5-11(18)6-17;/h2-4,9,11-12H,5-8,18H2,1H3,(H,19,20);1H. The molecular formula is C17H21ClN2OS. The third-order valence-electron chi connectivity index (χ3n) is 5.06. The third-order valence-corrected chi connectivity index (χ3v) is 6.01. The Balaban J connectivity index is 0.00000144. The Hall–Kier alpha value is -1.10. The normalized spacial score (nSPS) is 29.5. The Labute approximate surface area is 140 Å². The Kier molecular flexibility index (Phi) is 3.96. The smallest absolute Gasteiger partial charge is 0.252 e. The Bertz CT molecular complexity index is 713. The van der Waals surface area contributed by atoms with Crippen LogP contribution >= 0.6 is 23.7 Å². The van der Waals surface area contributed by atoms with E-state index in [4.69, 9.17) is 5.73 Å². The van der Waals surface area contributed by atoms with Crippen molar-refractivity contribution in [3.63, 3.8) is 0 Å². The Morgan fingerprint density at radius 1 is 1.32 bits per heavy atom. The lowest BCUT2D eigenvalue weighted by molar-refractivity contribution is -0.0159. The summed E-state index contributed by atoms with van der Waals surface area (Å²) in [6.07, 6.45) is 4.49. The maximum absolute atomic E-state index is 12.5. The number of aryl methyl sites for hydroxylation is 1. The van der Waals surface area contributed by atoms with Gasteiger partial charge in [0.05, 0.1) is 5.56 Å². The molecule has 22 heavy (non-hydrogen) atoms. The van der Waals surface area contributed by atoms with Crippen LogP contribution in [0, 0.1) is 12.3 Å². The fraction of sp³-hybridized carbons (Fsp3) is 0.471. The van der Waals surface area contributed by atoms with Crippen molar-refractivity contribution in [1.29, 1.82) is 0 Å². The first kappa shape index (κ1) is 15.8. The zero-order valence-corrected chi connectivity index (χ0v) is 14.2. The van der Waals surface area contributed by atoms with Crippen LogP contribution in [-0.2, 0) is 0 Å². The summed E-state index contributed by atoms with van der Waals surface area (Å²) in [5.41, 5.74) is 8.39. The van der Waals surface area contributed by atoms with Crippen LogP contribution in [0.2, 0.25) is 0 Å². The van der Waals surface area contributed by atoms with E-state index in [1.54, 1.807) is 11.3 Å². The summed E-state index contributed by atoms with van der Waals surface area (Å²) >= 11 is 1.65. The predicted octanol–water partition coefficient (Wildman–Crippen LogP) is 3.63. The molecular weight excluding hydrogens is 316 g/mol. The van der Waals surface area contributed by atoms with Gasteiger partial charge in [-0.1, -0.05) is 12.1 Å². The van der Waals surface area contributed by atoms with Crippen molar-refractivity contribution in [2.24, 2.45) is 11.1 Å². The molecule has 0 saturated heterocycles. The van der Waals surface area contributed by atoms with E-state index in [-0.39, 0.29) is 18.3 Å². The van der Waals surface area contributed by atoms with E-state index in [2.05, 4.69) is 30.4 Å². The van der Waals surface area contributed by atoms with Crippen molar-refractivity contribution < 1.29 is 4.79 Å². The maximum Gasteiger partial charge on any atom is 0.252 e. The van der Waals surface area contributed by atoms with Crippen molar-refractivity contribution in [3.8, 4) is 0 Å². The van der Waals surface area contributed by atoms with Gasteiger partial charge < -0.3 is 11.1 Å². The fourth-order valence-electron chi connectivity index (χ4n) is 4.05. The summed E-state index contributed by atoms with van der Waals surface area (Å²) in [6.45, 7) is 2.08. The van der Waals surface area contributed by atoms with Gasteiger partial charge in [-0.25, -0.2) is 0 Å². The summed E-state index contributed by atoms with van der Waals surface area (Å²) in [6, 6.07) is 7.00. The highest BCUT2D eigenvalue weighted by Crippen LogP contribution is 2.55. The van der Waals surface area contributed by atoms with E-state index < -0.39 is 0 Å². The van der Waals surface area contributed by atoms with Gasteiger partial charge in [-0.2, -0.15) is 0 Å². The second-order valence-electron chi connectivity index (χ2n) is 6.90. The van der Waals surface area contributed by atoms with Crippen LogP contribution in [0.5, 0.6) is 0 Å². The molecule has 1 heterocycles. The van der Waals surface area contributed by atoms with Crippen molar-refractivity contribution in [1.82, 2.24) is 5.32 Å². The molecule has 3 N–H and O–H groups in total. The number of hydrogen-bond donors (Lipinski definition) is 2. The summed E-state index contributed by atoms with van der Waals surface area (Å²) < 4.78 is 1.19. The SMILES string of the molecule is Cc1ccc2c(C(=O)NC3CC4(CC(N)C4)C3)csc2c1.Cl. The predicted molar refractivity (Wildman–Crippen MR) is 93.9 cm³/mol. The van der Waals surface area contributed by atoms with Gasteiger partial charge >= 0.3 is 0 Å². The van der Waals surface area contributed by atoms with E-state index in [0.717, 1.165) is 36.6 Å². The van der Waals surface area contributed by atoms with Gasteiger partial charge in [0.1, 0.15) is 0 Å². The van der Waals surface area contributed by atoms with Crippen LogP contribution in [0.15, 0.2) is 23.6 Å². The number of fused-ring (bicyclic) bond motifs is 1. The van der Waals surface area contributed by atoms with E-state index in [0.29, 0.717) is 17.5 Å². The second-order valence-corrected chi connectivity index (χ2v) is 7.81. The molecule has 0 radical (unpaired) electrons. The van der Waals surface area contributed by atoms with Crippen LogP contribution < -0.4 is 11.1 Å². The van der Waals surface area contributed by atoms with Gasteiger partial charge in [0.15, 0.2) is 0 Å². The molecule has 2 aliphatic rings. The molecule has 2 aliphatic carbocycles. The number of rotatable bonds is 2. The van der Waals surface area contributed by atoms with Crippen molar-refractivity contribution in [3.05, 3.63) is 34.7 Å². The first-order valence-corrected chi connectivity index (χ1v) is 8.47. The molecule has 0 unspecified atom stereocenters. The molecule has 4 rings (SSSR count). The number of hydrogen-bond acceptors (Lipinski definition) is 3. The minimum Gasteiger partial charge on any atom is -0.349 e. The molecule has 5 heteroatoms. The van der Waals surface area contributed by atoms with E-state index in [1.807, 2.05) is 5.38 Å². The van der Waals surface area contributed by atoms with Crippen LogP contribution in [0.25, 0.3) is 10.1 Å². The van der Waals surface area contributed by atoms with E-state index in [9.17, 15) is 4.79 Å². The van der Waals surface area contributed by atoms with Crippen LogP contribution in [0.1, 0.15) is 41.6 Å². The summed E-state index contributed by atoms with van der Waals surface area (Å²) in [7, 11) is 0. The highest BCUT2D eigenvalue weighted by atomic mass is 35.5. The number of nitrogens with two attached hydrogens (primary N) is 1. The number of halogens is 1. The molecule has 0 bridgehead atoms. The molecule has 1 amide bonds. The van der Waals surface area contributed by atoms with Gasteiger partial charge in [-0.3, -0.25) is 4.79 Å². The molecule has 3 nitrogen and oxygen atoms in total. The van der Waals surface area contributed by atoms with Crippen LogP contribution in [-0.4, -0.2) is 18.0 Å². The van der Waals surface area contributed by atoms with Crippen molar-refractivity contribution in [2.45, 2.75) is 44.7 Å². The average molecular weight is 337 g/mol. The Morgan fingerprint density at radius 2 is 2.05 bits per heavy atom. The minimum atomic E-state index is 0. The summed E-state index contributed by atoms with van der Waals surface area (Å²) in [5, 5.41) is 6.24. The summed E-state index contributed by atoms with van der Waals surface area (Å²) in [4.78, 5) is 12.5. The third kappa shape index (κ3) is 2.53. The highest BCUT2D eigenvalue weighted by molar-refractivity contribution is 7.17. The minimum absolute atomic E-state index is 0. The zero-order chi connectivity index (χ0) is 14.6. The highest BCUT2D eigenvalue weighted by Gasteiger charge is 2.52. The fourth-order valence-corrected chi connectivity index (χ4v) is 5.09. The number of nitrogens with one attached hydrogen (secondary N) is 1. The number of benzene rings is 1. The second kappa shape index (κ2) is 5.52. The molecule has 2 saturated carbocycles. The lowest BCUT2D eigenvalue weighted by Crippen LogP contribution is -2.59. The van der Waals surface area contributed by atoms with Gasteiger partial charge in [-0.15, -0.1) is 23.7 Å². The summed E-state index contributed by atoms with van der Waals surface area (Å²) in [5.74, 6) is 0.0774. The average Bonchev–Trinajstić information content (AvgIpc) is 2.77. The van der Waals surface area contributed by atoms with Crippen LogP contribution in [0.3, 0.4) is 0 Å². The molecule has 2 aromatic rings. The molecule has 0 aliphatic heterocycles. The lowest BCUT2D eigenvalue weighted by Gasteiger charge is -2.57. The molecule has 1 aromatic heterocycles. The number of amides is 1.